The van der Waals surface area contributed by atoms with Crippen LogP contribution in [0.25, 0.3) is 0 Å². The third kappa shape index (κ3) is 5.44. The van der Waals surface area contributed by atoms with E-state index in [9.17, 15) is 9.59 Å². The number of anilines is 3. The van der Waals surface area contributed by atoms with Gasteiger partial charge in [-0.2, -0.15) is 0 Å². The van der Waals surface area contributed by atoms with Gasteiger partial charge in [-0.3, -0.25) is 10.1 Å². The first-order valence-corrected chi connectivity index (χ1v) is 9.24. The average molecular weight is 392 g/mol. The number of amides is 3. The number of urea groups is 1. The lowest BCUT2D eigenvalue weighted by molar-refractivity contribution is 0.102. The van der Waals surface area contributed by atoms with Crippen LogP contribution in [-0.2, 0) is 5.41 Å². The van der Waals surface area contributed by atoms with E-state index in [-0.39, 0.29) is 11.3 Å². The van der Waals surface area contributed by atoms with E-state index >= 15 is 0 Å². The fourth-order valence-corrected chi connectivity index (χ4v) is 2.51. The SMILES string of the molecule is Cc1ccc(C(=O)Nc2ccc(NC(=O)Nc3cc(C(C)(C)C)on3)cc2)cc1. The van der Waals surface area contributed by atoms with E-state index in [1.807, 2.05) is 39.8 Å². The van der Waals surface area contributed by atoms with Crippen LogP contribution in [0.15, 0.2) is 59.1 Å². The van der Waals surface area contributed by atoms with Crippen LogP contribution in [0.1, 0.15) is 42.5 Å². The minimum Gasteiger partial charge on any atom is -0.359 e. The van der Waals surface area contributed by atoms with Crippen LogP contribution >= 0.6 is 0 Å². The number of aromatic nitrogens is 1. The van der Waals surface area contributed by atoms with Gasteiger partial charge in [0.25, 0.3) is 5.91 Å². The number of nitrogens with zero attached hydrogens (tertiary/aromatic N) is 1. The second kappa shape index (κ2) is 8.18. The highest BCUT2D eigenvalue weighted by atomic mass is 16.5. The van der Waals surface area contributed by atoms with Crippen molar-refractivity contribution >= 4 is 29.1 Å². The zero-order valence-corrected chi connectivity index (χ0v) is 16.9. The van der Waals surface area contributed by atoms with Gasteiger partial charge in [0.2, 0.25) is 0 Å². The smallest absolute Gasteiger partial charge is 0.324 e. The maximum Gasteiger partial charge on any atom is 0.324 e. The summed E-state index contributed by atoms with van der Waals surface area (Å²) in [5, 5.41) is 12.0. The van der Waals surface area contributed by atoms with E-state index in [0.717, 1.165) is 5.56 Å². The summed E-state index contributed by atoms with van der Waals surface area (Å²) in [5.74, 6) is 0.833. The summed E-state index contributed by atoms with van der Waals surface area (Å²) < 4.78 is 5.24. The lowest BCUT2D eigenvalue weighted by atomic mass is 9.93. The van der Waals surface area contributed by atoms with Crippen molar-refractivity contribution < 1.29 is 14.1 Å². The van der Waals surface area contributed by atoms with Crippen LogP contribution in [-0.4, -0.2) is 17.1 Å². The molecule has 0 aliphatic heterocycles. The molecule has 0 unspecified atom stereocenters. The fourth-order valence-electron chi connectivity index (χ4n) is 2.51. The van der Waals surface area contributed by atoms with Crippen molar-refractivity contribution in [2.45, 2.75) is 33.1 Å². The second-order valence-electron chi connectivity index (χ2n) is 7.80. The predicted molar refractivity (Wildman–Crippen MR) is 113 cm³/mol. The Morgan fingerprint density at radius 3 is 2.00 bits per heavy atom. The first-order valence-electron chi connectivity index (χ1n) is 9.24. The summed E-state index contributed by atoms with van der Waals surface area (Å²) in [7, 11) is 0. The number of carbonyl (C=O) groups excluding carboxylic acids is 2. The van der Waals surface area contributed by atoms with Crippen molar-refractivity contribution in [3.05, 3.63) is 71.5 Å². The molecular formula is C22H24N4O3. The Balaban J connectivity index is 1.56. The molecule has 0 aliphatic rings. The Bertz CT molecular complexity index is 1000. The van der Waals surface area contributed by atoms with Gasteiger partial charge in [-0.15, -0.1) is 0 Å². The largest absolute Gasteiger partial charge is 0.359 e. The number of nitrogens with one attached hydrogen (secondary N) is 3. The van der Waals surface area contributed by atoms with E-state index in [4.69, 9.17) is 4.52 Å². The Morgan fingerprint density at radius 1 is 0.862 bits per heavy atom. The van der Waals surface area contributed by atoms with Crippen LogP contribution in [0, 0.1) is 6.92 Å². The minimum atomic E-state index is -0.435. The number of aryl methyl sites for hydroxylation is 1. The molecule has 3 amide bonds. The van der Waals surface area contributed by atoms with Gasteiger partial charge < -0.3 is 15.2 Å². The van der Waals surface area contributed by atoms with E-state index in [1.54, 1.807) is 42.5 Å². The summed E-state index contributed by atoms with van der Waals surface area (Å²) in [6.45, 7) is 7.96. The maximum absolute atomic E-state index is 12.3. The molecule has 0 atom stereocenters. The summed E-state index contributed by atoms with van der Waals surface area (Å²) in [6.07, 6.45) is 0. The Kier molecular flexibility index (Phi) is 5.68. The molecule has 29 heavy (non-hydrogen) atoms. The second-order valence-corrected chi connectivity index (χ2v) is 7.80. The molecule has 0 saturated heterocycles. The summed E-state index contributed by atoms with van der Waals surface area (Å²) >= 11 is 0. The third-order valence-electron chi connectivity index (χ3n) is 4.21. The number of hydrogen-bond donors (Lipinski definition) is 3. The first-order chi connectivity index (χ1) is 13.7. The molecule has 0 spiro atoms. The molecule has 7 nitrogen and oxygen atoms in total. The minimum absolute atomic E-state index is 0.191. The quantitative estimate of drug-likeness (QED) is 0.570. The average Bonchev–Trinajstić information content (AvgIpc) is 3.12. The van der Waals surface area contributed by atoms with Gasteiger partial charge in [-0.1, -0.05) is 43.6 Å². The van der Waals surface area contributed by atoms with Crippen LogP contribution < -0.4 is 16.0 Å². The highest BCUT2D eigenvalue weighted by Crippen LogP contribution is 2.24. The number of hydrogen-bond acceptors (Lipinski definition) is 4. The van der Waals surface area contributed by atoms with Crippen LogP contribution in [0.4, 0.5) is 22.0 Å². The van der Waals surface area contributed by atoms with Crippen molar-refractivity contribution in [1.29, 1.82) is 0 Å². The molecule has 3 N–H and O–H groups in total. The Labute approximate surface area is 169 Å². The van der Waals surface area contributed by atoms with Crippen LogP contribution in [0.5, 0.6) is 0 Å². The summed E-state index contributed by atoms with van der Waals surface area (Å²) in [5.41, 5.74) is 2.69. The van der Waals surface area contributed by atoms with Gasteiger partial charge in [0.15, 0.2) is 5.82 Å². The zero-order valence-electron chi connectivity index (χ0n) is 16.9. The van der Waals surface area contributed by atoms with E-state index in [2.05, 4.69) is 21.1 Å². The van der Waals surface area contributed by atoms with Crippen LogP contribution in [0.3, 0.4) is 0 Å². The molecule has 7 heteroatoms. The van der Waals surface area contributed by atoms with Gasteiger partial charge in [0.1, 0.15) is 5.76 Å². The van der Waals surface area contributed by atoms with Gasteiger partial charge in [0.05, 0.1) is 0 Å². The van der Waals surface area contributed by atoms with Crippen molar-refractivity contribution in [3.8, 4) is 0 Å². The molecule has 0 aliphatic carbocycles. The van der Waals surface area contributed by atoms with Gasteiger partial charge >= 0.3 is 6.03 Å². The van der Waals surface area contributed by atoms with Crippen molar-refractivity contribution in [3.63, 3.8) is 0 Å². The monoisotopic (exact) mass is 392 g/mol. The van der Waals surface area contributed by atoms with Crippen LogP contribution in [0.2, 0.25) is 0 Å². The molecule has 2 aromatic carbocycles. The maximum atomic E-state index is 12.3. The van der Waals surface area contributed by atoms with E-state index in [1.165, 1.54) is 0 Å². The molecule has 0 bridgehead atoms. The predicted octanol–water partition coefficient (Wildman–Crippen LogP) is 5.18. The molecular weight excluding hydrogens is 368 g/mol. The molecule has 3 rings (SSSR count). The molecule has 3 aromatic rings. The van der Waals surface area contributed by atoms with Crippen molar-refractivity contribution in [2.75, 3.05) is 16.0 Å². The summed E-state index contributed by atoms with van der Waals surface area (Å²) in [6, 6.07) is 15.4. The molecule has 0 radical (unpaired) electrons. The Morgan fingerprint density at radius 2 is 1.45 bits per heavy atom. The highest BCUT2D eigenvalue weighted by Gasteiger charge is 2.20. The fraction of sp³-hybridized carbons (Fsp3) is 0.227. The van der Waals surface area contributed by atoms with Gasteiger partial charge in [-0.05, 0) is 43.3 Å². The number of rotatable bonds is 4. The van der Waals surface area contributed by atoms with Gasteiger partial charge in [-0.25, -0.2) is 4.79 Å². The number of carbonyl (C=O) groups is 2. The standard InChI is InChI=1S/C22H24N4O3/c1-14-5-7-15(8-6-14)20(27)23-16-9-11-17(12-10-16)24-21(28)25-19-13-18(29-26-19)22(2,3)4/h5-13H,1-4H3,(H,23,27)(H2,24,25,26,28). The Hall–Kier alpha value is -3.61. The van der Waals surface area contributed by atoms with Crippen molar-refractivity contribution in [2.24, 2.45) is 0 Å². The molecule has 150 valence electrons. The van der Waals surface area contributed by atoms with Gasteiger partial charge in [0, 0.05) is 28.4 Å². The lowest BCUT2D eigenvalue weighted by Crippen LogP contribution is -2.19. The normalized spacial score (nSPS) is 11.0. The van der Waals surface area contributed by atoms with Crippen molar-refractivity contribution in [1.82, 2.24) is 5.16 Å². The zero-order chi connectivity index (χ0) is 21.0. The lowest BCUT2D eigenvalue weighted by Gasteiger charge is -2.12. The third-order valence-corrected chi connectivity index (χ3v) is 4.21. The number of benzene rings is 2. The van der Waals surface area contributed by atoms with E-state index < -0.39 is 6.03 Å². The highest BCUT2D eigenvalue weighted by molar-refractivity contribution is 6.04. The molecule has 0 fully saturated rings. The topological polar surface area (TPSA) is 96.3 Å². The molecule has 1 aromatic heterocycles. The molecule has 0 saturated carbocycles. The van der Waals surface area contributed by atoms with E-state index in [0.29, 0.717) is 28.5 Å². The first kappa shape index (κ1) is 20.1. The summed E-state index contributed by atoms with van der Waals surface area (Å²) in [4.78, 5) is 24.4. The molecule has 1 heterocycles.